The summed E-state index contributed by atoms with van der Waals surface area (Å²) in [6.07, 6.45) is -1.26. The Morgan fingerprint density at radius 3 is 2.50 bits per heavy atom. The molecule has 4 rings (SSSR count). The number of nitro groups is 1. The summed E-state index contributed by atoms with van der Waals surface area (Å²) in [7, 11) is 2.99. The summed E-state index contributed by atoms with van der Waals surface area (Å²) in [4.78, 5) is 42.8. The Morgan fingerprint density at radius 2 is 1.79 bits per heavy atom. The van der Waals surface area contributed by atoms with Crippen molar-refractivity contribution in [3.8, 4) is 5.75 Å². The predicted octanol–water partition coefficient (Wildman–Crippen LogP) is 3.57. The van der Waals surface area contributed by atoms with Crippen LogP contribution in [0.4, 0.5) is 21.9 Å². The van der Waals surface area contributed by atoms with Gasteiger partial charge < -0.3 is 20.3 Å². The summed E-state index contributed by atoms with van der Waals surface area (Å²) < 4.78 is 5.01. The van der Waals surface area contributed by atoms with Crippen LogP contribution in [0.2, 0.25) is 0 Å². The van der Waals surface area contributed by atoms with Crippen LogP contribution in [0.5, 0.6) is 5.75 Å². The molecule has 34 heavy (non-hydrogen) atoms. The molecule has 2 N–H and O–H groups in total. The van der Waals surface area contributed by atoms with Crippen molar-refractivity contribution < 1.29 is 19.2 Å². The molecule has 10 heteroatoms. The maximum absolute atomic E-state index is 13.2. The average molecular weight is 459 g/mol. The number of rotatable bonds is 5. The molecule has 3 aromatic carbocycles. The highest BCUT2D eigenvalue weighted by molar-refractivity contribution is 6.20. The minimum absolute atomic E-state index is 0.0479. The summed E-state index contributed by atoms with van der Waals surface area (Å²) in [5, 5.41) is 16.4. The first-order valence-corrected chi connectivity index (χ1v) is 10.3. The summed E-state index contributed by atoms with van der Waals surface area (Å²) >= 11 is 0. The average Bonchev–Trinajstić information content (AvgIpc) is 2.95. The van der Waals surface area contributed by atoms with Crippen LogP contribution in [0.15, 0.2) is 77.8 Å². The van der Waals surface area contributed by atoms with Crippen LogP contribution in [0.25, 0.3) is 0 Å². The fourth-order valence-electron chi connectivity index (χ4n) is 3.62. The molecule has 10 nitrogen and oxygen atoms in total. The molecule has 1 aliphatic heterocycles. The van der Waals surface area contributed by atoms with Gasteiger partial charge in [0.15, 0.2) is 0 Å². The Bertz CT molecular complexity index is 1290. The van der Waals surface area contributed by atoms with Gasteiger partial charge in [0.05, 0.1) is 29.5 Å². The van der Waals surface area contributed by atoms with E-state index in [1.54, 1.807) is 13.1 Å². The van der Waals surface area contributed by atoms with E-state index in [4.69, 9.17) is 4.74 Å². The third-order valence-electron chi connectivity index (χ3n) is 5.31. The molecular weight excluding hydrogens is 438 g/mol. The molecule has 3 amide bonds. The van der Waals surface area contributed by atoms with Crippen molar-refractivity contribution in [2.45, 2.75) is 6.17 Å². The fraction of sp³-hybridized carbons (Fsp3) is 0.125. The van der Waals surface area contributed by atoms with E-state index in [0.717, 1.165) is 11.1 Å². The number of hydrogen-bond acceptors (Lipinski definition) is 6. The summed E-state index contributed by atoms with van der Waals surface area (Å²) in [5.41, 5.74) is 2.30. The van der Waals surface area contributed by atoms with Gasteiger partial charge in [-0.15, -0.1) is 0 Å². The quantitative estimate of drug-likeness (QED) is 0.446. The normalized spacial score (nSPS) is 15.0. The van der Waals surface area contributed by atoms with Crippen LogP contribution in [-0.2, 0) is 4.79 Å². The van der Waals surface area contributed by atoms with E-state index in [1.807, 2.05) is 48.5 Å². The van der Waals surface area contributed by atoms with E-state index >= 15 is 0 Å². The van der Waals surface area contributed by atoms with Gasteiger partial charge in [-0.25, -0.2) is 9.79 Å². The van der Waals surface area contributed by atoms with Gasteiger partial charge in [0.25, 0.3) is 11.6 Å². The Labute approximate surface area is 195 Å². The second-order valence-electron chi connectivity index (χ2n) is 7.40. The predicted molar refractivity (Wildman–Crippen MR) is 128 cm³/mol. The number of urea groups is 1. The Kier molecular flexibility index (Phi) is 6.22. The number of carbonyl (C=O) groups is 2. The highest BCUT2D eigenvalue weighted by atomic mass is 16.6. The topological polar surface area (TPSA) is 126 Å². The molecule has 0 spiro atoms. The van der Waals surface area contributed by atoms with Crippen LogP contribution < -0.4 is 20.3 Å². The molecule has 0 aliphatic carbocycles. The molecule has 0 fully saturated rings. The smallest absolute Gasteiger partial charge is 0.321 e. The molecule has 1 aliphatic rings. The lowest BCUT2D eigenvalue weighted by molar-refractivity contribution is -0.384. The van der Waals surface area contributed by atoms with Crippen molar-refractivity contribution in [2.75, 3.05) is 24.4 Å². The van der Waals surface area contributed by atoms with Crippen LogP contribution in [0, 0.1) is 10.1 Å². The number of anilines is 2. The van der Waals surface area contributed by atoms with Gasteiger partial charge in [-0.2, -0.15) is 0 Å². The lowest BCUT2D eigenvalue weighted by atomic mass is 10.0. The summed E-state index contributed by atoms with van der Waals surface area (Å²) in [6, 6.07) is 19.8. The Hall–Kier alpha value is -4.73. The van der Waals surface area contributed by atoms with Gasteiger partial charge in [0.1, 0.15) is 11.4 Å². The van der Waals surface area contributed by atoms with E-state index in [0.29, 0.717) is 11.4 Å². The molecule has 1 atom stereocenters. The van der Waals surface area contributed by atoms with Crippen LogP contribution in [-0.4, -0.2) is 42.9 Å². The largest absolute Gasteiger partial charge is 0.496 e. The molecule has 1 unspecified atom stereocenters. The highest BCUT2D eigenvalue weighted by Crippen LogP contribution is 2.29. The third-order valence-corrected chi connectivity index (χ3v) is 5.31. The van der Waals surface area contributed by atoms with E-state index < -0.39 is 23.0 Å². The van der Waals surface area contributed by atoms with Crippen LogP contribution in [0.3, 0.4) is 0 Å². The maximum Gasteiger partial charge on any atom is 0.321 e. The Balaban J connectivity index is 1.67. The number of ether oxygens (including phenoxy) is 1. The van der Waals surface area contributed by atoms with Crippen LogP contribution >= 0.6 is 0 Å². The van der Waals surface area contributed by atoms with Gasteiger partial charge in [0.2, 0.25) is 6.17 Å². The van der Waals surface area contributed by atoms with E-state index in [-0.39, 0.29) is 17.1 Å². The van der Waals surface area contributed by atoms with Crippen molar-refractivity contribution in [1.82, 2.24) is 5.32 Å². The van der Waals surface area contributed by atoms with E-state index in [1.165, 1.54) is 30.2 Å². The monoisotopic (exact) mass is 459 g/mol. The van der Waals surface area contributed by atoms with Crippen molar-refractivity contribution in [2.24, 2.45) is 4.99 Å². The first-order valence-electron chi connectivity index (χ1n) is 10.3. The van der Waals surface area contributed by atoms with Crippen molar-refractivity contribution >= 4 is 34.7 Å². The minimum Gasteiger partial charge on any atom is -0.496 e. The van der Waals surface area contributed by atoms with Gasteiger partial charge >= 0.3 is 6.03 Å². The number of carbonyl (C=O) groups excluding carboxylic acids is 2. The van der Waals surface area contributed by atoms with Gasteiger partial charge in [-0.05, 0) is 18.2 Å². The van der Waals surface area contributed by atoms with Gasteiger partial charge in [-0.1, -0.05) is 48.5 Å². The third kappa shape index (κ3) is 4.42. The number of fused-ring (bicyclic) bond motifs is 1. The number of aliphatic imine (C=N–C) groups is 1. The molecule has 1 heterocycles. The zero-order chi connectivity index (χ0) is 24.2. The highest BCUT2D eigenvalue weighted by Gasteiger charge is 2.31. The van der Waals surface area contributed by atoms with Crippen molar-refractivity contribution in [3.63, 3.8) is 0 Å². The Morgan fingerprint density at radius 1 is 1.09 bits per heavy atom. The number of benzene rings is 3. The second kappa shape index (κ2) is 9.41. The number of methoxy groups -OCH3 is 1. The zero-order valence-electron chi connectivity index (χ0n) is 18.4. The fourth-order valence-corrected chi connectivity index (χ4v) is 3.62. The minimum atomic E-state index is -1.26. The number of likely N-dealkylation sites (N-methyl/N-ethyl adjacent to an activating group) is 1. The number of nitrogens with zero attached hydrogens (tertiary/aromatic N) is 3. The number of benzodiazepines with no additional fused rings is 1. The number of nitrogens with one attached hydrogen (secondary N) is 2. The standard InChI is InChI=1S/C24H21N5O5/c1-28-19-11-7-6-10-17(19)21(15-8-4-3-5-9-15)26-22(23(28)30)27-24(31)25-18-13-12-16(34-2)14-20(18)29(32)33/h3-14,22H,1-2H3,(H2,25,27,31). The molecule has 0 radical (unpaired) electrons. The lowest BCUT2D eigenvalue weighted by Crippen LogP contribution is -2.47. The molecule has 0 saturated carbocycles. The lowest BCUT2D eigenvalue weighted by Gasteiger charge is -2.21. The number of amides is 3. The molecule has 0 saturated heterocycles. The molecular formula is C24H21N5O5. The molecule has 0 bridgehead atoms. The van der Waals surface area contributed by atoms with Crippen molar-refractivity contribution in [1.29, 1.82) is 0 Å². The summed E-state index contributed by atoms with van der Waals surface area (Å²) in [5.74, 6) is -0.189. The van der Waals surface area contributed by atoms with Gasteiger partial charge in [-0.3, -0.25) is 14.9 Å². The number of nitro benzene ring substituents is 1. The first kappa shape index (κ1) is 22.5. The van der Waals surface area contributed by atoms with E-state index in [9.17, 15) is 19.7 Å². The SMILES string of the molecule is COc1ccc(NC(=O)NC2N=C(c3ccccc3)c3ccccc3N(C)C2=O)c([N+](=O)[O-])c1. The molecule has 3 aromatic rings. The van der Waals surface area contributed by atoms with Gasteiger partial charge in [0, 0.05) is 18.2 Å². The number of hydrogen-bond donors (Lipinski definition) is 2. The number of para-hydroxylation sites is 1. The maximum atomic E-state index is 13.2. The van der Waals surface area contributed by atoms with Crippen LogP contribution in [0.1, 0.15) is 11.1 Å². The zero-order valence-corrected chi connectivity index (χ0v) is 18.4. The molecule has 0 aromatic heterocycles. The first-order chi connectivity index (χ1) is 16.4. The second-order valence-corrected chi connectivity index (χ2v) is 7.40. The van der Waals surface area contributed by atoms with E-state index in [2.05, 4.69) is 15.6 Å². The van der Waals surface area contributed by atoms with Crippen molar-refractivity contribution in [3.05, 3.63) is 94.0 Å². The molecule has 172 valence electrons. The summed E-state index contributed by atoms with van der Waals surface area (Å²) in [6.45, 7) is 0.